The molecule has 3 aromatic rings. The van der Waals surface area contributed by atoms with Gasteiger partial charge >= 0.3 is 0 Å². The first kappa shape index (κ1) is 20.3. The van der Waals surface area contributed by atoms with E-state index >= 15 is 0 Å². The molecule has 0 radical (unpaired) electrons. The maximum Gasteiger partial charge on any atom is 0.255 e. The number of methoxy groups -OCH3 is 1. The second-order valence-electron chi connectivity index (χ2n) is 9.70. The second kappa shape index (κ2) is 7.37. The molecule has 6 heteroatoms. The molecule has 1 aliphatic carbocycles. The summed E-state index contributed by atoms with van der Waals surface area (Å²) in [6, 6.07) is 16.3. The van der Waals surface area contributed by atoms with Gasteiger partial charge in [-0.1, -0.05) is 49.2 Å². The van der Waals surface area contributed by atoms with E-state index in [2.05, 4.69) is 17.1 Å². The molecule has 0 unspecified atom stereocenters. The number of hydrogen-bond acceptors (Lipinski definition) is 3. The highest BCUT2D eigenvalue weighted by Gasteiger charge is 2.57. The minimum absolute atomic E-state index is 0.0215. The number of nitrogens with one attached hydrogen (secondary N) is 1. The first-order valence-electron chi connectivity index (χ1n) is 11.9. The van der Waals surface area contributed by atoms with E-state index in [0.717, 1.165) is 59.2 Å². The van der Waals surface area contributed by atoms with Crippen molar-refractivity contribution in [3.05, 3.63) is 65.4 Å². The van der Waals surface area contributed by atoms with Crippen molar-refractivity contribution >= 4 is 22.7 Å². The van der Waals surface area contributed by atoms with Gasteiger partial charge in [0, 0.05) is 35.0 Å². The molecule has 1 N–H and O–H groups in total. The number of fused-ring (bicyclic) bond motifs is 5. The Morgan fingerprint density at radius 2 is 1.76 bits per heavy atom. The zero-order chi connectivity index (χ0) is 22.7. The van der Waals surface area contributed by atoms with Crippen LogP contribution in [0.15, 0.2) is 48.5 Å². The highest BCUT2D eigenvalue weighted by Crippen LogP contribution is 2.50. The predicted molar refractivity (Wildman–Crippen MR) is 126 cm³/mol. The summed E-state index contributed by atoms with van der Waals surface area (Å²) in [7, 11) is 1.68. The molecule has 3 aliphatic rings. The minimum atomic E-state index is -1.04. The van der Waals surface area contributed by atoms with Crippen LogP contribution in [0.3, 0.4) is 0 Å². The van der Waals surface area contributed by atoms with Gasteiger partial charge in [0.25, 0.3) is 5.91 Å². The normalized spacial score (nSPS) is 25.5. The number of aromatic nitrogens is 1. The summed E-state index contributed by atoms with van der Waals surface area (Å²) in [5.74, 6) is 0.773. The Hall–Kier alpha value is -3.28. The molecule has 1 aromatic heterocycles. The van der Waals surface area contributed by atoms with E-state index in [4.69, 9.17) is 4.74 Å². The number of benzene rings is 2. The fourth-order valence-electron chi connectivity index (χ4n) is 6.38. The maximum atomic E-state index is 14.1. The molecular weight excluding hydrogens is 414 g/mol. The first-order chi connectivity index (χ1) is 16.0. The highest BCUT2D eigenvalue weighted by molar-refractivity contribution is 6.01. The van der Waals surface area contributed by atoms with E-state index in [-0.39, 0.29) is 30.3 Å². The molecule has 2 aromatic carbocycles. The fraction of sp³-hybridized carbons (Fsp3) is 0.407. The largest absolute Gasteiger partial charge is 0.496 e. The first-order valence-corrected chi connectivity index (χ1v) is 11.9. The summed E-state index contributed by atoms with van der Waals surface area (Å²) >= 11 is 0. The molecule has 170 valence electrons. The van der Waals surface area contributed by atoms with E-state index in [1.807, 2.05) is 53.1 Å². The predicted octanol–water partition coefficient (Wildman–Crippen LogP) is 4.15. The molecule has 3 heterocycles. The van der Waals surface area contributed by atoms with E-state index < -0.39 is 5.54 Å². The molecule has 0 spiro atoms. The van der Waals surface area contributed by atoms with Gasteiger partial charge in [0.1, 0.15) is 12.3 Å². The number of para-hydroxylation sites is 2. The number of rotatable bonds is 3. The van der Waals surface area contributed by atoms with Gasteiger partial charge in [-0.15, -0.1) is 0 Å². The Labute approximate surface area is 193 Å². The Balaban J connectivity index is 1.58. The van der Waals surface area contributed by atoms with Crippen molar-refractivity contribution in [3.8, 4) is 5.75 Å². The molecule has 2 aliphatic heterocycles. The third kappa shape index (κ3) is 2.79. The van der Waals surface area contributed by atoms with Crippen molar-refractivity contribution in [3.63, 3.8) is 0 Å². The smallest absolute Gasteiger partial charge is 0.255 e. The van der Waals surface area contributed by atoms with Crippen molar-refractivity contribution in [2.75, 3.05) is 20.2 Å². The maximum absolute atomic E-state index is 14.1. The molecule has 2 atom stereocenters. The average Bonchev–Trinajstić information content (AvgIpc) is 3.50. The Morgan fingerprint density at radius 1 is 1.03 bits per heavy atom. The third-order valence-corrected chi connectivity index (χ3v) is 8.05. The summed E-state index contributed by atoms with van der Waals surface area (Å²) < 4.78 is 5.71. The van der Waals surface area contributed by atoms with E-state index in [1.165, 1.54) is 0 Å². The van der Waals surface area contributed by atoms with Crippen LogP contribution in [0.5, 0.6) is 5.75 Å². The monoisotopic (exact) mass is 443 g/mol. The van der Waals surface area contributed by atoms with Gasteiger partial charge in [-0.3, -0.25) is 9.59 Å². The molecular formula is C27H29N3O3. The van der Waals surface area contributed by atoms with Crippen molar-refractivity contribution in [2.45, 2.75) is 50.1 Å². The van der Waals surface area contributed by atoms with Crippen LogP contribution in [0.2, 0.25) is 0 Å². The van der Waals surface area contributed by atoms with Crippen LogP contribution in [-0.2, 0) is 15.1 Å². The minimum Gasteiger partial charge on any atom is -0.496 e. The summed E-state index contributed by atoms with van der Waals surface area (Å²) in [4.78, 5) is 35.0. The van der Waals surface area contributed by atoms with Crippen molar-refractivity contribution in [1.82, 2.24) is 14.8 Å². The SMILES string of the molecule is COc1ccccc1[C@H]1CN2C(=O)CN(C3CCCC3)C(=O)[C@]2(C)c2[nH]c3ccccc3c21. The number of nitrogens with zero attached hydrogens (tertiary/aromatic N) is 2. The van der Waals surface area contributed by atoms with E-state index in [9.17, 15) is 9.59 Å². The van der Waals surface area contributed by atoms with Crippen molar-refractivity contribution in [2.24, 2.45) is 0 Å². The fourth-order valence-corrected chi connectivity index (χ4v) is 6.38. The zero-order valence-corrected chi connectivity index (χ0v) is 19.1. The third-order valence-electron chi connectivity index (χ3n) is 8.05. The standard InChI is InChI=1S/C27H29N3O3/c1-27-25-24(19-12-5-7-13-21(19)28-25)20(18-11-6-8-14-22(18)33-2)15-30(27)23(31)16-29(26(27)32)17-9-3-4-10-17/h5-8,11-14,17,20,28H,3-4,9-10,15-16H2,1-2H3/t20-,27+/m1/s1. The average molecular weight is 444 g/mol. The lowest BCUT2D eigenvalue weighted by atomic mass is 9.76. The Bertz CT molecular complexity index is 1260. The number of aromatic amines is 1. The number of H-pyrrole nitrogens is 1. The Kier molecular flexibility index (Phi) is 4.54. The highest BCUT2D eigenvalue weighted by atomic mass is 16.5. The lowest BCUT2D eigenvalue weighted by molar-refractivity contribution is -0.168. The van der Waals surface area contributed by atoms with Gasteiger partial charge in [-0.05, 0) is 37.5 Å². The van der Waals surface area contributed by atoms with Crippen LogP contribution in [0.1, 0.15) is 55.3 Å². The zero-order valence-electron chi connectivity index (χ0n) is 19.1. The molecule has 6 nitrogen and oxygen atoms in total. The van der Waals surface area contributed by atoms with E-state index in [0.29, 0.717) is 6.54 Å². The lowest BCUT2D eigenvalue weighted by Crippen LogP contribution is -2.68. The van der Waals surface area contributed by atoms with Crippen molar-refractivity contribution < 1.29 is 14.3 Å². The van der Waals surface area contributed by atoms with Crippen molar-refractivity contribution in [1.29, 1.82) is 0 Å². The molecule has 0 bridgehead atoms. The summed E-state index contributed by atoms with van der Waals surface area (Å²) in [5.41, 5.74) is 2.93. The van der Waals surface area contributed by atoms with Crippen LogP contribution < -0.4 is 4.74 Å². The van der Waals surface area contributed by atoms with Gasteiger partial charge in [-0.25, -0.2) is 0 Å². The summed E-state index contributed by atoms with van der Waals surface area (Å²) in [6.45, 7) is 2.56. The molecule has 1 saturated carbocycles. The Morgan fingerprint density at radius 3 is 2.55 bits per heavy atom. The van der Waals surface area contributed by atoms with E-state index in [1.54, 1.807) is 7.11 Å². The number of carbonyl (C=O) groups excluding carboxylic acids is 2. The number of ether oxygens (including phenoxy) is 1. The van der Waals surface area contributed by atoms with Gasteiger partial charge < -0.3 is 19.5 Å². The quantitative estimate of drug-likeness (QED) is 0.661. The van der Waals surface area contributed by atoms with Gasteiger partial charge in [-0.2, -0.15) is 0 Å². The van der Waals surface area contributed by atoms with Crippen LogP contribution in [0.25, 0.3) is 10.9 Å². The molecule has 2 amide bonds. The molecule has 1 saturated heterocycles. The number of carbonyl (C=O) groups is 2. The van der Waals surface area contributed by atoms with Crippen LogP contribution in [0, 0.1) is 0 Å². The van der Waals surface area contributed by atoms with Gasteiger partial charge in [0.15, 0.2) is 5.54 Å². The van der Waals surface area contributed by atoms with Crippen LogP contribution in [0.4, 0.5) is 0 Å². The molecule has 6 rings (SSSR count). The van der Waals surface area contributed by atoms with Crippen LogP contribution in [-0.4, -0.2) is 52.8 Å². The molecule has 2 fully saturated rings. The second-order valence-corrected chi connectivity index (χ2v) is 9.70. The topological polar surface area (TPSA) is 65.6 Å². The van der Waals surface area contributed by atoms with Crippen LogP contribution >= 0.6 is 0 Å². The summed E-state index contributed by atoms with van der Waals surface area (Å²) in [5, 5.41) is 1.10. The number of amides is 2. The number of piperazine rings is 1. The van der Waals surface area contributed by atoms with Gasteiger partial charge in [0.2, 0.25) is 5.91 Å². The number of hydrogen-bond donors (Lipinski definition) is 1. The van der Waals surface area contributed by atoms with Gasteiger partial charge in [0.05, 0.1) is 12.8 Å². The lowest BCUT2D eigenvalue weighted by Gasteiger charge is -2.52. The molecule has 33 heavy (non-hydrogen) atoms. The summed E-state index contributed by atoms with van der Waals surface area (Å²) in [6.07, 6.45) is 4.21.